The third-order valence-electron chi connectivity index (χ3n) is 5.03. The normalized spacial score (nSPS) is 14.9. The quantitative estimate of drug-likeness (QED) is 0.441. The summed E-state index contributed by atoms with van der Waals surface area (Å²) < 4.78 is 82.8. The number of nitrogens with zero attached hydrogens (tertiary/aromatic N) is 1. The van der Waals surface area contributed by atoms with Crippen molar-refractivity contribution in [1.82, 2.24) is 4.57 Å². The lowest BCUT2D eigenvalue weighted by Gasteiger charge is -2.32. The summed E-state index contributed by atoms with van der Waals surface area (Å²) >= 11 is 0. The number of halogens is 6. The zero-order chi connectivity index (χ0) is 22.5. The van der Waals surface area contributed by atoms with Crippen molar-refractivity contribution in [2.75, 3.05) is 0 Å². The number of aryl methyl sites for hydroxylation is 1. The fourth-order valence-electron chi connectivity index (χ4n) is 3.51. The first kappa shape index (κ1) is 21.9. The lowest BCUT2D eigenvalue weighted by Crippen LogP contribution is -2.52. The van der Waals surface area contributed by atoms with E-state index in [1.807, 2.05) is 6.92 Å². The molecule has 3 aromatic rings. The highest BCUT2D eigenvalue weighted by Crippen LogP contribution is 2.54. The monoisotopic (exact) mass is 433 g/mol. The maximum absolute atomic E-state index is 14.8. The number of unbranched alkanes of at least 4 members (excludes halogenated alkanes) is 1. The lowest BCUT2D eigenvalue weighted by molar-refractivity contribution is -0.375. The van der Waals surface area contributed by atoms with Crippen LogP contribution in [0.2, 0.25) is 0 Å². The Bertz CT molecular complexity index is 1150. The first-order chi connectivity index (χ1) is 13.9. The summed E-state index contributed by atoms with van der Waals surface area (Å²) in [6.07, 6.45) is -10.9. The molecule has 162 valence electrons. The van der Waals surface area contributed by atoms with E-state index in [2.05, 4.69) is 0 Å². The van der Waals surface area contributed by atoms with Crippen LogP contribution < -0.4 is 5.56 Å². The van der Waals surface area contributed by atoms with Gasteiger partial charge >= 0.3 is 18.0 Å². The van der Waals surface area contributed by atoms with Gasteiger partial charge in [-0.05, 0) is 24.6 Å². The number of rotatable bonds is 5. The summed E-state index contributed by atoms with van der Waals surface area (Å²) in [7, 11) is 0. The van der Waals surface area contributed by atoms with Gasteiger partial charge in [0.1, 0.15) is 5.75 Å². The predicted octanol–water partition coefficient (Wildman–Crippen LogP) is 4.97. The molecule has 0 saturated carbocycles. The van der Waals surface area contributed by atoms with E-state index >= 15 is 0 Å². The predicted molar refractivity (Wildman–Crippen MR) is 98.3 cm³/mol. The van der Waals surface area contributed by atoms with Gasteiger partial charge in [-0.3, -0.25) is 4.79 Å². The van der Waals surface area contributed by atoms with Crippen molar-refractivity contribution in [3.05, 3.63) is 52.3 Å². The third kappa shape index (κ3) is 3.10. The molecule has 1 atom stereocenters. The summed E-state index contributed by atoms with van der Waals surface area (Å²) in [6.45, 7) is 1.99. The number of phenols is 1. The average Bonchev–Trinajstić information content (AvgIpc) is 2.65. The van der Waals surface area contributed by atoms with Crippen LogP contribution >= 0.6 is 0 Å². The van der Waals surface area contributed by atoms with Gasteiger partial charge in [-0.15, -0.1) is 0 Å². The van der Waals surface area contributed by atoms with Gasteiger partial charge in [-0.2, -0.15) is 22.0 Å². The van der Waals surface area contributed by atoms with Crippen LogP contribution in [0.3, 0.4) is 0 Å². The molecule has 3 rings (SSSR count). The van der Waals surface area contributed by atoms with Crippen molar-refractivity contribution < 1.29 is 36.6 Å². The second-order valence-electron chi connectivity index (χ2n) is 6.91. The van der Waals surface area contributed by atoms with Crippen LogP contribution in [0.15, 0.2) is 41.2 Å². The van der Waals surface area contributed by atoms with Crippen molar-refractivity contribution in [2.24, 2.45) is 0 Å². The molecule has 1 heterocycles. The van der Waals surface area contributed by atoms with E-state index in [4.69, 9.17) is 5.11 Å². The Labute approximate surface area is 166 Å². The fraction of sp³-hybridized carbons (Fsp3) is 0.350. The molecule has 0 aliphatic carbocycles. The van der Waals surface area contributed by atoms with Crippen molar-refractivity contribution in [3.63, 3.8) is 0 Å². The van der Waals surface area contributed by atoms with Crippen LogP contribution in [0.1, 0.15) is 25.3 Å². The number of aromatic nitrogens is 1. The van der Waals surface area contributed by atoms with E-state index < -0.39 is 40.2 Å². The van der Waals surface area contributed by atoms with Crippen LogP contribution in [0.5, 0.6) is 5.75 Å². The van der Waals surface area contributed by atoms with Crippen molar-refractivity contribution in [2.45, 2.75) is 44.3 Å². The molecule has 2 N–H and O–H groups in total. The SMILES string of the molecule is CCCCn1c(=O)c2ccccc2c2c(O)c(C(F)(C(O)(F)F)C(F)(F)F)ccc21. The molecule has 0 aliphatic rings. The van der Waals surface area contributed by atoms with Crippen molar-refractivity contribution in [3.8, 4) is 5.75 Å². The Morgan fingerprint density at radius 2 is 1.57 bits per heavy atom. The number of phenolic OH excluding ortho intramolecular Hbond substituents is 1. The van der Waals surface area contributed by atoms with Gasteiger partial charge in [0.05, 0.1) is 11.1 Å². The fourth-order valence-corrected chi connectivity index (χ4v) is 3.51. The molecule has 4 nitrogen and oxygen atoms in total. The number of aliphatic hydroxyl groups is 1. The lowest BCUT2D eigenvalue weighted by atomic mass is 9.90. The van der Waals surface area contributed by atoms with Crippen molar-refractivity contribution in [1.29, 1.82) is 0 Å². The standard InChI is InChI=1S/C20H17F6NO3/c1-2-3-10-27-14-9-8-13(18(21,19(22,23)24)20(25,26)30)16(28)15(14)11-6-4-5-7-12(11)17(27)29/h4-9,28,30H,2-3,10H2,1H3. The molecule has 1 unspecified atom stereocenters. The minimum Gasteiger partial charge on any atom is -0.507 e. The highest BCUT2D eigenvalue weighted by molar-refractivity contribution is 6.09. The molecule has 1 aromatic heterocycles. The molecule has 0 aliphatic heterocycles. The van der Waals surface area contributed by atoms with Crippen LogP contribution in [-0.4, -0.2) is 27.1 Å². The van der Waals surface area contributed by atoms with Crippen LogP contribution in [0, 0.1) is 0 Å². The number of aromatic hydroxyl groups is 1. The van der Waals surface area contributed by atoms with Gasteiger partial charge in [0.15, 0.2) is 0 Å². The first-order valence-electron chi connectivity index (χ1n) is 8.99. The number of hydrogen-bond acceptors (Lipinski definition) is 3. The highest BCUT2D eigenvalue weighted by atomic mass is 19.4. The Hall–Kier alpha value is -2.75. The first-order valence-corrected chi connectivity index (χ1v) is 8.99. The molecule has 0 fully saturated rings. The molecule has 0 amide bonds. The molecule has 2 aromatic carbocycles. The van der Waals surface area contributed by atoms with Gasteiger partial charge in [-0.25, -0.2) is 4.39 Å². The summed E-state index contributed by atoms with van der Waals surface area (Å²) in [5.74, 6) is -1.43. The summed E-state index contributed by atoms with van der Waals surface area (Å²) in [6, 6.07) is 6.75. The number of fused-ring (bicyclic) bond motifs is 3. The molecule has 0 saturated heterocycles. The Morgan fingerprint density at radius 1 is 0.967 bits per heavy atom. The minimum atomic E-state index is -6.25. The van der Waals surface area contributed by atoms with E-state index in [1.54, 1.807) is 0 Å². The second-order valence-corrected chi connectivity index (χ2v) is 6.91. The zero-order valence-corrected chi connectivity index (χ0v) is 15.6. The highest BCUT2D eigenvalue weighted by Gasteiger charge is 2.73. The smallest absolute Gasteiger partial charge is 0.435 e. The largest absolute Gasteiger partial charge is 0.507 e. The Balaban J connectivity index is 2.51. The van der Waals surface area contributed by atoms with Crippen molar-refractivity contribution >= 4 is 21.7 Å². The Morgan fingerprint density at radius 3 is 2.10 bits per heavy atom. The topological polar surface area (TPSA) is 62.5 Å². The number of alkyl halides is 6. The van der Waals surface area contributed by atoms with Crippen LogP contribution in [0.4, 0.5) is 26.3 Å². The maximum atomic E-state index is 14.8. The van der Waals surface area contributed by atoms with E-state index in [0.29, 0.717) is 18.9 Å². The number of pyridine rings is 1. The number of benzene rings is 2. The summed E-state index contributed by atoms with van der Waals surface area (Å²) in [4.78, 5) is 12.8. The van der Waals surface area contributed by atoms with E-state index in [1.165, 1.54) is 28.8 Å². The molecule has 30 heavy (non-hydrogen) atoms. The van der Waals surface area contributed by atoms with Gasteiger partial charge in [0.2, 0.25) is 0 Å². The minimum absolute atomic E-state index is 0.0146. The van der Waals surface area contributed by atoms with E-state index in [9.17, 15) is 36.2 Å². The van der Waals surface area contributed by atoms with Gasteiger partial charge in [0, 0.05) is 22.7 Å². The van der Waals surface area contributed by atoms with Gasteiger partial charge < -0.3 is 14.8 Å². The number of hydrogen-bond donors (Lipinski definition) is 2. The van der Waals surface area contributed by atoms with Gasteiger partial charge in [0.25, 0.3) is 5.56 Å². The van der Waals surface area contributed by atoms with Crippen LogP contribution in [0.25, 0.3) is 21.7 Å². The molecule has 10 heteroatoms. The molecular weight excluding hydrogens is 416 g/mol. The average molecular weight is 433 g/mol. The summed E-state index contributed by atoms with van der Waals surface area (Å²) in [5, 5.41) is 18.9. The Kier molecular flexibility index (Phi) is 5.26. The maximum Gasteiger partial charge on any atom is 0.435 e. The van der Waals surface area contributed by atoms with E-state index in [-0.39, 0.29) is 22.8 Å². The molecule has 0 radical (unpaired) electrons. The van der Waals surface area contributed by atoms with Crippen LogP contribution in [-0.2, 0) is 12.2 Å². The summed E-state index contributed by atoms with van der Waals surface area (Å²) in [5.41, 5.74) is -7.95. The zero-order valence-electron chi connectivity index (χ0n) is 15.6. The second kappa shape index (κ2) is 7.19. The van der Waals surface area contributed by atoms with Gasteiger partial charge in [-0.1, -0.05) is 31.5 Å². The third-order valence-corrected chi connectivity index (χ3v) is 5.03. The molecular formula is C20H17F6NO3. The molecule has 0 bridgehead atoms. The van der Waals surface area contributed by atoms with E-state index in [0.717, 1.165) is 6.07 Å². The molecule has 0 spiro atoms.